The molecule has 6 rings (SSSR count). The maximum absolute atomic E-state index is 13.3. The van der Waals surface area contributed by atoms with Gasteiger partial charge in [0.15, 0.2) is 0 Å². The number of carbonyl (C=O) groups excluding carboxylic acids is 1. The summed E-state index contributed by atoms with van der Waals surface area (Å²) in [7, 11) is 0. The Hall–Kier alpha value is -3.97. The number of amides is 1. The van der Waals surface area contributed by atoms with E-state index in [-0.39, 0.29) is 18.1 Å². The zero-order chi connectivity index (χ0) is 30.0. The summed E-state index contributed by atoms with van der Waals surface area (Å²) in [6.07, 6.45) is 2.07. The van der Waals surface area contributed by atoms with E-state index in [2.05, 4.69) is 100 Å². The summed E-state index contributed by atoms with van der Waals surface area (Å²) in [5, 5.41) is 3.19. The summed E-state index contributed by atoms with van der Waals surface area (Å²) < 4.78 is 12.0. The molecule has 0 aliphatic carbocycles. The van der Waals surface area contributed by atoms with Crippen LogP contribution in [0, 0.1) is 0 Å². The third kappa shape index (κ3) is 7.94. The first-order chi connectivity index (χ1) is 21.7. The van der Waals surface area contributed by atoms with Crippen molar-refractivity contribution in [2.45, 2.75) is 30.9 Å². The Morgan fingerprint density at radius 1 is 0.750 bits per heavy atom. The number of carbonyl (C=O) groups is 1. The summed E-state index contributed by atoms with van der Waals surface area (Å²) in [6.45, 7) is 6.66. The van der Waals surface area contributed by atoms with E-state index in [1.54, 1.807) is 0 Å². The Morgan fingerprint density at radius 2 is 1.34 bits per heavy atom. The van der Waals surface area contributed by atoms with Crippen LogP contribution in [0.5, 0.6) is 5.75 Å². The average molecular weight is 590 g/mol. The van der Waals surface area contributed by atoms with Gasteiger partial charge < -0.3 is 19.7 Å². The summed E-state index contributed by atoms with van der Waals surface area (Å²) >= 11 is 0. The quantitative estimate of drug-likeness (QED) is 0.227. The Bertz CT molecular complexity index is 1400. The molecule has 2 heterocycles. The van der Waals surface area contributed by atoms with Crippen LogP contribution in [0.15, 0.2) is 115 Å². The molecule has 1 amide bonds. The van der Waals surface area contributed by atoms with E-state index in [0.717, 1.165) is 64.5 Å². The molecule has 44 heavy (non-hydrogen) atoms. The molecule has 2 aliphatic rings. The van der Waals surface area contributed by atoms with Crippen molar-refractivity contribution in [1.29, 1.82) is 0 Å². The lowest BCUT2D eigenvalue weighted by Gasteiger charge is -2.35. The van der Waals surface area contributed by atoms with E-state index in [1.165, 1.54) is 16.7 Å². The topological polar surface area (TPSA) is 54.0 Å². The van der Waals surface area contributed by atoms with Crippen LogP contribution in [0.3, 0.4) is 0 Å². The van der Waals surface area contributed by atoms with Crippen molar-refractivity contribution in [1.82, 2.24) is 15.1 Å². The van der Waals surface area contributed by atoms with Gasteiger partial charge in [-0.1, -0.05) is 97.1 Å². The van der Waals surface area contributed by atoms with E-state index in [4.69, 9.17) is 9.47 Å². The normalized spacial score (nSPS) is 17.3. The lowest BCUT2D eigenvalue weighted by atomic mass is 9.90. The van der Waals surface area contributed by atoms with E-state index >= 15 is 0 Å². The van der Waals surface area contributed by atoms with Crippen molar-refractivity contribution in [3.63, 3.8) is 0 Å². The predicted octanol–water partition coefficient (Wildman–Crippen LogP) is 6.17. The maximum Gasteiger partial charge on any atom is 0.251 e. The molecule has 4 aromatic rings. The number of hydrogen-bond donors (Lipinski definition) is 1. The highest BCUT2D eigenvalue weighted by Gasteiger charge is 2.26. The number of likely N-dealkylation sites (tertiary alicyclic amines) is 1. The first-order valence-electron chi connectivity index (χ1n) is 16.0. The highest BCUT2D eigenvalue weighted by atomic mass is 16.5. The average Bonchev–Trinajstić information content (AvgIpc) is 3.10. The summed E-state index contributed by atoms with van der Waals surface area (Å²) in [5.74, 6) is 1.03. The molecule has 228 valence electrons. The van der Waals surface area contributed by atoms with Gasteiger partial charge in [0, 0.05) is 50.7 Å². The van der Waals surface area contributed by atoms with Gasteiger partial charge in [-0.25, -0.2) is 0 Å². The molecular weight excluding hydrogens is 546 g/mol. The van der Waals surface area contributed by atoms with Crippen LogP contribution in [0.1, 0.15) is 51.8 Å². The molecule has 0 spiro atoms. The fraction of sp³-hybridized carbons (Fsp3) is 0.342. The van der Waals surface area contributed by atoms with E-state index in [0.29, 0.717) is 18.0 Å². The zero-order valence-corrected chi connectivity index (χ0v) is 25.4. The van der Waals surface area contributed by atoms with Crippen LogP contribution in [0.2, 0.25) is 0 Å². The van der Waals surface area contributed by atoms with Crippen molar-refractivity contribution >= 4 is 5.91 Å². The van der Waals surface area contributed by atoms with Gasteiger partial charge in [0.05, 0.1) is 19.3 Å². The first-order valence-corrected chi connectivity index (χ1v) is 16.0. The van der Waals surface area contributed by atoms with Crippen LogP contribution in [-0.4, -0.2) is 74.3 Å². The fourth-order valence-electron chi connectivity index (χ4n) is 6.46. The van der Waals surface area contributed by atoms with Crippen molar-refractivity contribution in [2.24, 2.45) is 0 Å². The number of ether oxygens (including phenoxy) is 2. The van der Waals surface area contributed by atoms with Gasteiger partial charge in [-0.2, -0.15) is 0 Å². The molecular formula is C38H43N3O3. The summed E-state index contributed by atoms with van der Waals surface area (Å²) in [4.78, 5) is 18.2. The first kappa shape index (κ1) is 30.1. The largest absolute Gasteiger partial charge is 0.490 e. The highest BCUT2D eigenvalue weighted by Crippen LogP contribution is 2.28. The zero-order valence-electron chi connectivity index (χ0n) is 25.4. The predicted molar refractivity (Wildman–Crippen MR) is 175 cm³/mol. The number of benzene rings is 4. The number of morpholine rings is 1. The molecule has 1 unspecified atom stereocenters. The number of hydrogen-bond acceptors (Lipinski definition) is 5. The molecule has 2 aliphatic heterocycles. The SMILES string of the molecule is O=C(NCC(c1ccccc1)N1CCOCC1)c1cccc(OC2CCN(CC(c3ccccc3)c3ccccc3)CC2)c1. The smallest absolute Gasteiger partial charge is 0.251 e. The highest BCUT2D eigenvalue weighted by molar-refractivity contribution is 5.94. The fourth-order valence-corrected chi connectivity index (χ4v) is 6.46. The molecule has 0 saturated carbocycles. The second kappa shape index (κ2) is 15.2. The van der Waals surface area contributed by atoms with Crippen LogP contribution in [-0.2, 0) is 4.74 Å². The number of rotatable bonds is 11. The Morgan fingerprint density at radius 3 is 1.95 bits per heavy atom. The van der Waals surface area contributed by atoms with Crippen LogP contribution in [0.4, 0.5) is 0 Å². The second-order valence-electron chi connectivity index (χ2n) is 11.8. The molecule has 0 bridgehead atoms. The monoisotopic (exact) mass is 589 g/mol. The molecule has 1 N–H and O–H groups in total. The van der Waals surface area contributed by atoms with Gasteiger partial charge in [-0.15, -0.1) is 0 Å². The van der Waals surface area contributed by atoms with Gasteiger partial charge in [-0.05, 0) is 47.7 Å². The standard InChI is InChI=1S/C38H43N3O3/c42-38(39-28-37(32-15-8-3-9-16-32)41-23-25-43-26-24-41)33-17-10-18-35(27-33)44-34-19-21-40(22-20-34)29-36(30-11-4-1-5-12-30)31-13-6-2-7-14-31/h1-18,27,34,36-37H,19-26,28-29H2,(H,39,42). The van der Waals surface area contributed by atoms with Crippen LogP contribution in [0.25, 0.3) is 0 Å². The Kier molecular flexibility index (Phi) is 10.4. The van der Waals surface area contributed by atoms with Crippen molar-refractivity contribution < 1.29 is 14.3 Å². The Labute approximate surface area is 261 Å². The minimum Gasteiger partial charge on any atom is -0.490 e. The second-order valence-corrected chi connectivity index (χ2v) is 11.8. The van der Waals surface area contributed by atoms with Gasteiger partial charge >= 0.3 is 0 Å². The molecule has 6 nitrogen and oxygen atoms in total. The minimum absolute atomic E-state index is 0.0766. The van der Waals surface area contributed by atoms with Gasteiger partial charge in [0.1, 0.15) is 11.9 Å². The van der Waals surface area contributed by atoms with E-state index in [1.807, 2.05) is 30.3 Å². The van der Waals surface area contributed by atoms with Crippen LogP contribution >= 0.6 is 0 Å². The molecule has 0 radical (unpaired) electrons. The molecule has 2 saturated heterocycles. The molecule has 0 aromatic heterocycles. The van der Waals surface area contributed by atoms with Gasteiger partial charge in [-0.3, -0.25) is 9.69 Å². The number of piperidine rings is 1. The minimum atomic E-state index is -0.0766. The maximum atomic E-state index is 13.3. The summed E-state index contributed by atoms with van der Waals surface area (Å²) in [5.41, 5.74) is 4.54. The van der Waals surface area contributed by atoms with Crippen molar-refractivity contribution in [3.05, 3.63) is 138 Å². The van der Waals surface area contributed by atoms with Crippen molar-refractivity contribution in [3.8, 4) is 5.75 Å². The molecule has 1 atom stereocenters. The van der Waals surface area contributed by atoms with Crippen molar-refractivity contribution in [2.75, 3.05) is 52.5 Å². The summed E-state index contributed by atoms with van der Waals surface area (Å²) in [6, 6.07) is 39.8. The lowest BCUT2D eigenvalue weighted by molar-refractivity contribution is 0.0162. The number of nitrogens with zero attached hydrogens (tertiary/aromatic N) is 2. The van der Waals surface area contributed by atoms with E-state index < -0.39 is 0 Å². The third-order valence-corrected chi connectivity index (χ3v) is 8.90. The van der Waals surface area contributed by atoms with Crippen LogP contribution < -0.4 is 10.1 Å². The lowest BCUT2D eigenvalue weighted by Crippen LogP contribution is -2.43. The molecule has 2 fully saturated rings. The molecule has 4 aromatic carbocycles. The van der Waals surface area contributed by atoms with E-state index in [9.17, 15) is 4.79 Å². The Balaban J connectivity index is 1.03. The number of nitrogens with one attached hydrogen (secondary N) is 1. The molecule has 6 heteroatoms. The van der Waals surface area contributed by atoms with Gasteiger partial charge in [0.25, 0.3) is 5.91 Å². The van der Waals surface area contributed by atoms with Gasteiger partial charge in [0.2, 0.25) is 0 Å². The third-order valence-electron chi connectivity index (χ3n) is 8.90.